The van der Waals surface area contributed by atoms with E-state index in [1.54, 1.807) is 6.08 Å². The second kappa shape index (κ2) is 70.0. The molecule has 0 aliphatic rings. The summed E-state index contributed by atoms with van der Waals surface area (Å²) in [7, 11) is 1.25. The van der Waals surface area contributed by atoms with E-state index in [0.29, 0.717) is 17.4 Å². The van der Waals surface area contributed by atoms with Gasteiger partial charge in [0.2, 0.25) is 5.91 Å². The van der Waals surface area contributed by atoms with Crippen LogP contribution in [0.5, 0.6) is 0 Å². The maximum absolute atomic E-state index is 13.1. The number of aliphatic hydroxyl groups is 1. The summed E-state index contributed by atoms with van der Waals surface area (Å²) in [6, 6.07) is -0.910. The van der Waals surface area contributed by atoms with E-state index < -0.39 is 26.6 Å². The minimum absolute atomic E-state index is 0.00701. The number of phosphoric acid groups is 1. The number of unbranched alkanes of at least 4 members (excludes halogenated alkanes) is 57. The number of hydrogen-bond acceptors (Lipinski definition) is 6. The molecule has 0 rings (SSSR count). The number of carbonyl (C=O) groups excluding carboxylic acids is 1. The van der Waals surface area contributed by atoms with Gasteiger partial charge >= 0.3 is 0 Å². The van der Waals surface area contributed by atoms with Crippen LogP contribution in [0.25, 0.3) is 0 Å². The normalized spacial score (nSPS) is 13.7. The molecule has 522 valence electrons. The molecule has 1 amide bonds. The molecule has 0 fully saturated rings. The molecule has 0 aromatic carbocycles. The van der Waals surface area contributed by atoms with Gasteiger partial charge < -0.3 is 28.8 Å². The maximum atomic E-state index is 13.1. The average Bonchev–Trinajstić information content (AvgIpc) is 3.71. The van der Waals surface area contributed by atoms with E-state index in [1.165, 1.54) is 347 Å². The molecule has 3 unspecified atom stereocenters. The van der Waals surface area contributed by atoms with Crippen molar-refractivity contribution in [1.29, 1.82) is 0 Å². The predicted molar refractivity (Wildman–Crippen MR) is 385 cm³/mol. The zero-order valence-corrected chi connectivity index (χ0v) is 60.9. The summed E-state index contributed by atoms with van der Waals surface area (Å²) >= 11 is 0. The second-order valence-electron chi connectivity index (χ2n) is 28.4. The lowest BCUT2D eigenvalue weighted by Crippen LogP contribution is -2.45. The van der Waals surface area contributed by atoms with E-state index in [2.05, 4.69) is 43.5 Å². The molecule has 0 spiro atoms. The van der Waals surface area contributed by atoms with E-state index >= 15 is 0 Å². The van der Waals surface area contributed by atoms with Crippen LogP contribution in [0.2, 0.25) is 0 Å². The van der Waals surface area contributed by atoms with Gasteiger partial charge in [-0.05, 0) is 44.9 Å². The van der Waals surface area contributed by atoms with Crippen molar-refractivity contribution < 1.29 is 32.9 Å². The summed E-state index contributed by atoms with van der Waals surface area (Å²) in [5.74, 6) is -0.203. The van der Waals surface area contributed by atoms with Gasteiger partial charge in [0.1, 0.15) is 13.2 Å². The van der Waals surface area contributed by atoms with E-state index in [9.17, 15) is 19.4 Å². The molecule has 8 nitrogen and oxygen atoms in total. The summed E-state index contributed by atoms with van der Waals surface area (Å²) in [4.78, 5) is 25.7. The fourth-order valence-corrected chi connectivity index (χ4v) is 13.0. The average molecular weight is 1260 g/mol. The van der Waals surface area contributed by atoms with E-state index in [4.69, 9.17) is 9.05 Å². The van der Waals surface area contributed by atoms with Crippen LogP contribution in [0.4, 0.5) is 0 Å². The maximum Gasteiger partial charge on any atom is 0.268 e. The van der Waals surface area contributed by atoms with Crippen molar-refractivity contribution in [2.24, 2.45) is 0 Å². The topological polar surface area (TPSA) is 108 Å². The largest absolute Gasteiger partial charge is 0.756 e. The molecule has 88 heavy (non-hydrogen) atoms. The molecule has 0 bridgehead atoms. The van der Waals surface area contributed by atoms with Crippen LogP contribution in [-0.4, -0.2) is 68.5 Å². The Kier molecular flexibility index (Phi) is 69.0. The molecule has 0 radical (unpaired) electrons. The Labute approximate surface area is 550 Å². The molecular formula is C79H155N2O6P. The summed E-state index contributed by atoms with van der Waals surface area (Å²) in [5, 5.41) is 14.0. The summed E-state index contributed by atoms with van der Waals surface area (Å²) < 4.78 is 23.5. The van der Waals surface area contributed by atoms with Crippen molar-refractivity contribution in [3.05, 3.63) is 36.5 Å². The van der Waals surface area contributed by atoms with Crippen molar-refractivity contribution in [2.45, 2.75) is 424 Å². The fourth-order valence-electron chi connectivity index (χ4n) is 12.3. The highest BCUT2D eigenvalue weighted by atomic mass is 31.2. The standard InChI is InChI=1S/C79H155N2O6P/c1-6-8-10-12-14-16-18-20-22-24-26-28-30-32-33-34-35-36-37-38-39-40-41-42-43-44-45-46-47-49-51-53-55-57-59-61-63-65-67-69-71-73-79(83)80-77(76-87-88(84,85)86-75-74-81(3,4)5)78(82)72-70-68-66-64-62-60-58-56-54-52-50-48-31-29-27-25-23-21-19-17-15-13-11-9-7-2/h54,56,62,64,70,72,77-78,82H,6-53,55,57-61,63,65-69,71,73-76H2,1-5H3,(H-,80,83,84,85)/b56-54+,64-62+,72-70+. The van der Waals surface area contributed by atoms with Crippen LogP contribution >= 0.6 is 7.82 Å². The number of amides is 1. The van der Waals surface area contributed by atoms with Crippen molar-refractivity contribution in [3.63, 3.8) is 0 Å². The van der Waals surface area contributed by atoms with E-state index in [0.717, 1.165) is 44.9 Å². The molecule has 0 aliphatic carbocycles. The summed E-state index contributed by atoms with van der Waals surface area (Å²) in [5.41, 5.74) is 0. The van der Waals surface area contributed by atoms with Crippen LogP contribution < -0.4 is 10.2 Å². The van der Waals surface area contributed by atoms with Gasteiger partial charge in [-0.25, -0.2) is 0 Å². The van der Waals surface area contributed by atoms with Crippen LogP contribution in [-0.2, 0) is 18.4 Å². The third-order valence-corrected chi connectivity index (χ3v) is 19.3. The highest BCUT2D eigenvalue weighted by Crippen LogP contribution is 2.38. The zero-order valence-electron chi connectivity index (χ0n) is 60.0. The molecular weight excluding hydrogens is 1100 g/mol. The number of quaternary nitrogens is 1. The number of hydrogen-bond donors (Lipinski definition) is 2. The van der Waals surface area contributed by atoms with Gasteiger partial charge in [0, 0.05) is 6.42 Å². The van der Waals surface area contributed by atoms with Crippen molar-refractivity contribution in [3.8, 4) is 0 Å². The van der Waals surface area contributed by atoms with Gasteiger partial charge in [-0.2, -0.15) is 0 Å². The molecule has 0 aliphatic heterocycles. The first kappa shape index (κ1) is 86.7. The number of phosphoric ester groups is 1. The third-order valence-electron chi connectivity index (χ3n) is 18.3. The Bertz CT molecular complexity index is 1530. The number of rotatable bonds is 74. The second-order valence-corrected chi connectivity index (χ2v) is 29.8. The van der Waals surface area contributed by atoms with Gasteiger partial charge in [-0.3, -0.25) is 9.36 Å². The van der Waals surface area contributed by atoms with Crippen LogP contribution in [0, 0.1) is 0 Å². The number of allylic oxidation sites excluding steroid dienone is 5. The first-order chi connectivity index (χ1) is 43.0. The lowest BCUT2D eigenvalue weighted by atomic mass is 10.0. The smallest absolute Gasteiger partial charge is 0.268 e. The van der Waals surface area contributed by atoms with Crippen LogP contribution in [0.3, 0.4) is 0 Å². The quantitative estimate of drug-likeness (QED) is 0.0272. The number of aliphatic hydroxyl groups excluding tert-OH is 1. The SMILES string of the molecule is CCCCCCCCCCCCCCCCC/C=C/CC/C=C/CC/C=C/C(O)C(COP(=O)([O-])OCC[N+](C)(C)C)NC(=O)CCCCCCCCCCCCCCCCCCCCCCCCCCCCCCCCCCCCCCCCCCC. The lowest BCUT2D eigenvalue weighted by molar-refractivity contribution is -0.870. The molecule has 0 saturated heterocycles. The van der Waals surface area contributed by atoms with Crippen molar-refractivity contribution in [1.82, 2.24) is 5.32 Å². The third kappa shape index (κ3) is 72.2. The number of likely N-dealkylation sites (N-methyl/N-ethyl adjacent to an activating group) is 1. The Hall–Kier alpha value is -1.28. The Morgan fingerprint density at radius 3 is 0.920 bits per heavy atom. The van der Waals surface area contributed by atoms with Gasteiger partial charge in [0.05, 0.1) is 39.9 Å². The first-order valence-electron chi connectivity index (χ1n) is 39.4. The Morgan fingerprint density at radius 2 is 0.636 bits per heavy atom. The van der Waals surface area contributed by atoms with Gasteiger partial charge in [-0.1, -0.05) is 397 Å². The molecule has 0 heterocycles. The zero-order chi connectivity index (χ0) is 64.1. The Morgan fingerprint density at radius 1 is 0.386 bits per heavy atom. The van der Waals surface area contributed by atoms with Gasteiger partial charge in [0.25, 0.3) is 7.82 Å². The molecule has 2 N–H and O–H groups in total. The number of nitrogens with zero attached hydrogens (tertiary/aromatic N) is 1. The highest BCUT2D eigenvalue weighted by Gasteiger charge is 2.23. The Balaban J connectivity index is 3.93. The molecule has 9 heteroatoms. The van der Waals surface area contributed by atoms with Gasteiger partial charge in [0.15, 0.2) is 0 Å². The monoisotopic (exact) mass is 1260 g/mol. The van der Waals surface area contributed by atoms with Crippen LogP contribution in [0.1, 0.15) is 412 Å². The van der Waals surface area contributed by atoms with Crippen molar-refractivity contribution >= 4 is 13.7 Å². The fraction of sp³-hybridized carbons (Fsp3) is 0.911. The van der Waals surface area contributed by atoms with Crippen LogP contribution in [0.15, 0.2) is 36.5 Å². The molecule has 0 saturated carbocycles. The lowest BCUT2D eigenvalue weighted by Gasteiger charge is -2.29. The minimum Gasteiger partial charge on any atom is -0.756 e. The summed E-state index contributed by atoms with van der Waals surface area (Å²) in [6.07, 6.45) is 94.7. The van der Waals surface area contributed by atoms with E-state index in [1.807, 2.05) is 27.2 Å². The minimum atomic E-state index is -4.62. The van der Waals surface area contributed by atoms with Gasteiger partial charge in [-0.15, -0.1) is 0 Å². The number of nitrogens with one attached hydrogen (secondary N) is 1. The predicted octanol–water partition coefficient (Wildman–Crippen LogP) is 24.9. The molecule has 3 atom stereocenters. The summed E-state index contributed by atoms with van der Waals surface area (Å²) in [6.45, 7) is 4.69. The van der Waals surface area contributed by atoms with E-state index in [-0.39, 0.29) is 12.5 Å². The van der Waals surface area contributed by atoms with Crippen molar-refractivity contribution in [2.75, 3.05) is 40.9 Å². The molecule has 0 aromatic rings. The number of carbonyl (C=O) groups is 1. The first-order valence-corrected chi connectivity index (χ1v) is 40.8. The highest BCUT2D eigenvalue weighted by molar-refractivity contribution is 7.45. The molecule has 0 aromatic heterocycles.